The summed E-state index contributed by atoms with van der Waals surface area (Å²) in [6.07, 6.45) is 2.82. The largest absolute Gasteiger partial charge is 0.388 e. The van der Waals surface area contributed by atoms with E-state index in [1.54, 1.807) is 6.08 Å². The Labute approximate surface area is 103 Å². The van der Waals surface area contributed by atoms with Crippen LogP contribution in [0.2, 0.25) is 0 Å². The van der Waals surface area contributed by atoms with E-state index in [2.05, 4.69) is 6.58 Å². The Hall–Kier alpha value is -1.41. The molecule has 1 aromatic carbocycles. The summed E-state index contributed by atoms with van der Waals surface area (Å²) < 4.78 is 0. The number of rotatable bonds is 7. The van der Waals surface area contributed by atoms with Gasteiger partial charge in [0.15, 0.2) is 0 Å². The first-order chi connectivity index (χ1) is 8.20. The van der Waals surface area contributed by atoms with E-state index in [-0.39, 0.29) is 11.7 Å². The minimum atomic E-state index is -0.705. The topological polar surface area (TPSA) is 37.3 Å². The fraction of sp³-hybridized carbons (Fsp3) is 0.400. The van der Waals surface area contributed by atoms with Crippen LogP contribution in [0, 0.1) is 5.92 Å². The Balaban J connectivity index is 2.83. The van der Waals surface area contributed by atoms with Gasteiger partial charge in [-0.25, -0.2) is 0 Å². The van der Waals surface area contributed by atoms with Crippen LogP contribution in [0.15, 0.2) is 43.0 Å². The number of allylic oxidation sites excluding steroid dienone is 1. The van der Waals surface area contributed by atoms with Crippen LogP contribution in [-0.4, -0.2) is 10.9 Å². The molecule has 1 aromatic rings. The lowest BCUT2D eigenvalue weighted by molar-refractivity contribution is -0.126. The van der Waals surface area contributed by atoms with Crippen LogP contribution in [-0.2, 0) is 4.79 Å². The van der Waals surface area contributed by atoms with Gasteiger partial charge in [-0.05, 0) is 12.0 Å². The lowest BCUT2D eigenvalue weighted by Crippen LogP contribution is -2.21. The average Bonchev–Trinajstić information content (AvgIpc) is 2.36. The van der Waals surface area contributed by atoms with Gasteiger partial charge in [-0.15, -0.1) is 6.58 Å². The number of aliphatic hydroxyl groups excluding tert-OH is 1. The Kier molecular flexibility index (Phi) is 5.64. The molecule has 0 unspecified atom stereocenters. The highest BCUT2D eigenvalue weighted by Gasteiger charge is 2.25. The summed E-state index contributed by atoms with van der Waals surface area (Å²) in [7, 11) is 0. The minimum absolute atomic E-state index is 0.0678. The SMILES string of the molecule is C=CCC(=O)[C@@H](CCC)[C@H](O)c1ccccc1. The summed E-state index contributed by atoms with van der Waals surface area (Å²) in [5.41, 5.74) is 0.809. The van der Waals surface area contributed by atoms with Gasteiger partial charge in [-0.2, -0.15) is 0 Å². The minimum Gasteiger partial charge on any atom is -0.388 e. The van der Waals surface area contributed by atoms with E-state index in [0.29, 0.717) is 12.8 Å². The van der Waals surface area contributed by atoms with Crippen LogP contribution in [0.25, 0.3) is 0 Å². The maximum absolute atomic E-state index is 11.9. The fourth-order valence-corrected chi connectivity index (χ4v) is 1.98. The highest BCUT2D eigenvalue weighted by Crippen LogP contribution is 2.27. The summed E-state index contributed by atoms with van der Waals surface area (Å²) in [6.45, 7) is 5.59. The van der Waals surface area contributed by atoms with Crippen molar-refractivity contribution >= 4 is 5.78 Å². The first kappa shape index (κ1) is 13.7. The van der Waals surface area contributed by atoms with Crippen molar-refractivity contribution in [2.75, 3.05) is 0 Å². The third kappa shape index (κ3) is 3.82. The number of ketones is 1. The molecular formula is C15H20O2. The summed E-state index contributed by atoms with van der Waals surface area (Å²) in [6, 6.07) is 9.36. The molecule has 0 heterocycles. The molecule has 0 bridgehead atoms. The Morgan fingerprint density at radius 2 is 2.06 bits per heavy atom. The van der Waals surface area contributed by atoms with Crippen LogP contribution in [0.1, 0.15) is 37.9 Å². The standard InChI is InChI=1S/C15H20O2/c1-3-8-13(14(16)9-4-2)15(17)12-10-6-5-7-11-12/h4-7,10-11,13,15,17H,2-3,8-9H2,1H3/t13-,15-/m1/s1. The van der Waals surface area contributed by atoms with E-state index < -0.39 is 6.10 Å². The van der Waals surface area contributed by atoms with Crippen LogP contribution >= 0.6 is 0 Å². The Morgan fingerprint density at radius 1 is 1.41 bits per heavy atom. The summed E-state index contributed by atoms with van der Waals surface area (Å²) in [5, 5.41) is 10.3. The number of carbonyl (C=O) groups is 1. The summed E-state index contributed by atoms with van der Waals surface area (Å²) in [4.78, 5) is 11.9. The molecule has 2 heteroatoms. The predicted molar refractivity (Wildman–Crippen MR) is 69.6 cm³/mol. The number of Topliss-reactive ketones (excluding diaryl/α,β-unsaturated/α-hetero) is 1. The van der Waals surface area contributed by atoms with Gasteiger partial charge in [0.1, 0.15) is 5.78 Å². The first-order valence-electron chi connectivity index (χ1n) is 6.07. The molecular weight excluding hydrogens is 212 g/mol. The molecule has 0 amide bonds. The fourth-order valence-electron chi connectivity index (χ4n) is 1.98. The average molecular weight is 232 g/mol. The molecule has 92 valence electrons. The van der Waals surface area contributed by atoms with Gasteiger partial charge in [0, 0.05) is 12.3 Å². The molecule has 0 saturated heterocycles. The van der Waals surface area contributed by atoms with Gasteiger partial charge in [0.25, 0.3) is 0 Å². The number of aliphatic hydroxyl groups is 1. The van der Waals surface area contributed by atoms with E-state index >= 15 is 0 Å². The normalized spacial score (nSPS) is 14.0. The van der Waals surface area contributed by atoms with E-state index in [4.69, 9.17) is 0 Å². The molecule has 0 saturated carbocycles. The van der Waals surface area contributed by atoms with Crippen molar-refractivity contribution in [3.05, 3.63) is 48.6 Å². The Bertz CT molecular complexity index is 356. The molecule has 17 heavy (non-hydrogen) atoms. The van der Waals surface area contributed by atoms with Crippen molar-refractivity contribution in [1.29, 1.82) is 0 Å². The highest BCUT2D eigenvalue weighted by atomic mass is 16.3. The quantitative estimate of drug-likeness (QED) is 0.732. The maximum Gasteiger partial charge on any atom is 0.142 e. The molecule has 2 nitrogen and oxygen atoms in total. The van der Waals surface area contributed by atoms with Gasteiger partial charge >= 0.3 is 0 Å². The highest BCUT2D eigenvalue weighted by molar-refractivity contribution is 5.83. The van der Waals surface area contributed by atoms with E-state index in [0.717, 1.165) is 12.0 Å². The van der Waals surface area contributed by atoms with Gasteiger partial charge in [0.2, 0.25) is 0 Å². The zero-order valence-corrected chi connectivity index (χ0v) is 10.3. The second-order valence-electron chi connectivity index (χ2n) is 4.21. The van der Waals surface area contributed by atoms with Gasteiger partial charge in [-0.3, -0.25) is 4.79 Å². The molecule has 0 radical (unpaired) electrons. The first-order valence-corrected chi connectivity index (χ1v) is 6.07. The Morgan fingerprint density at radius 3 is 2.59 bits per heavy atom. The molecule has 0 fully saturated rings. The number of hydrogen-bond acceptors (Lipinski definition) is 2. The smallest absolute Gasteiger partial charge is 0.142 e. The molecule has 1 rings (SSSR count). The number of hydrogen-bond donors (Lipinski definition) is 1. The van der Waals surface area contributed by atoms with Crippen molar-refractivity contribution in [1.82, 2.24) is 0 Å². The van der Waals surface area contributed by atoms with E-state index in [9.17, 15) is 9.90 Å². The van der Waals surface area contributed by atoms with Gasteiger partial charge < -0.3 is 5.11 Å². The zero-order chi connectivity index (χ0) is 12.7. The molecule has 1 N–H and O–H groups in total. The molecule has 2 atom stereocenters. The number of carbonyl (C=O) groups excluding carboxylic acids is 1. The molecule has 0 aliphatic carbocycles. The third-order valence-corrected chi connectivity index (χ3v) is 2.88. The molecule has 0 aliphatic rings. The van der Waals surface area contributed by atoms with Gasteiger partial charge in [-0.1, -0.05) is 49.8 Å². The van der Waals surface area contributed by atoms with Crippen LogP contribution < -0.4 is 0 Å². The summed E-state index contributed by atoms with van der Waals surface area (Å²) in [5.74, 6) is -0.251. The van der Waals surface area contributed by atoms with Gasteiger partial charge in [0.05, 0.1) is 6.10 Å². The monoisotopic (exact) mass is 232 g/mol. The molecule has 0 spiro atoms. The molecule has 0 aliphatic heterocycles. The van der Waals surface area contributed by atoms with Crippen LogP contribution in [0.4, 0.5) is 0 Å². The maximum atomic E-state index is 11.9. The van der Waals surface area contributed by atoms with Crippen molar-refractivity contribution < 1.29 is 9.90 Å². The summed E-state index contributed by atoms with van der Waals surface area (Å²) >= 11 is 0. The van der Waals surface area contributed by atoms with Crippen LogP contribution in [0.5, 0.6) is 0 Å². The second kappa shape index (κ2) is 7.02. The third-order valence-electron chi connectivity index (χ3n) is 2.88. The van der Waals surface area contributed by atoms with E-state index in [1.165, 1.54) is 0 Å². The van der Waals surface area contributed by atoms with Crippen molar-refractivity contribution in [2.24, 2.45) is 5.92 Å². The zero-order valence-electron chi connectivity index (χ0n) is 10.3. The van der Waals surface area contributed by atoms with Crippen LogP contribution in [0.3, 0.4) is 0 Å². The van der Waals surface area contributed by atoms with Crippen molar-refractivity contribution in [3.63, 3.8) is 0 Å². The van der Waals surface area contributed by atoms with Crippen molar-refractivity contribution in [2.45, 2.75) is 32.3 Å². The lowest BCUT2D eigenvalue weighted by atomic mass is 9.87. The molecule has 0 aromatic heterocycles. The lowest BCUT2D eigenvalue weighted by Gasteiger charge is -2.21. The van der Waals surface area contributed by atoms with E-state index in [1.807, 2.05) is 37.3 Å². The van der Waals surface area contributed by atoms with Crippen molar-refractivity contribution in [3.8, 4) is 0 Å². The number of benzene rings is 1. The predicted octanol–water partition coefficient (Wildman–Crippen LogP) is 3.28. The second-order valence-corrected chi connectivity index (χ2v) is 4.21.